The molecule has 34 heavy (non-hydrogen) atoms. The van der Waals surface area contributed by atoms with Crippen LogP contribution in [-0.2, 0) is 19.2 Å². The van der Waals surface area contributed by atoms with Gasteiger partial charge in [-0.3, -0.25) is 19.2 Å². The first-order valence-corrected chi connectivity index (χ1v) is 11.3. The van der Waals surface area contributed by atoms with E-state index in [1.807, 2.05) is 41.5 Å². The van der Waals surface area contributed by atoms with Gasteiger partial charge in [0.05, 0.1) is 24.2 Å². The zero-order valence-corrected chi connectivity index (χ0v) is 21.5. The van der Waals surface area contributed by atoms with Gasteiger partial charge in [-0.05, 0) is 48.0 Å². The van der Waals surface area contributed by atoms with Crippen LogP contribution in [0.5, 0.6) is 0 Å². The monoisotopic (exact) mass is 474 g/mol. The molecule has 0 saturated carbocycles. The summed E-state index contributed by atoms with van der Waals surface area (Å²) in [5.74, 6) is -1.83. The van der Waals surface area contributed by atoms with E-state index in [0.29, 0.717) is 12.8 Å². The molecule has 0 bridgehead atoms. The van der Waals surface area contributed by atoms with Gasteiger partial charge in [0.15, 0.2) is 0 Å². The standard InChI is InChI=1S/C26H42N4O4/c1-11-19(31)27-17(15-25(5,6)7)23(29-21(33)13-3)24(30-22(34)14-4)18(16-26(8,9)10)28-20(32)12-2/h11-14,17-18,23-24H,1-4,15-16H2,5-10H3,(H,27,31)(H,28,32)(H,29,33)(H,30,34). The number of amides is 4. The van der Waals surface area contributed by atoms with E-state index in [-0.39, 0.29) is 10.8 Å². The van der Waals surface area contributed by atoms with Gasteiger partial charge in [-0.2, -0.15) is 0 Å². The minimum Gasteiger partial charge on any atom is -0.348 e. The molecule has 0 aliphatic carbocycles. The van der Waals surface area contributed by atoms with E-state index in [1.54, 1.807) is 0 Å². The predicted molar refractivity (Wildman–Crippen MR) is 137 cm³/mol. The summed E-state index contributed by atoms with van der Waals surface area (Å²) in [6.07, 6.45) is 5.42. The Bertz CT molecular complexity index is 724. The summed E-state index contributed by atoms with van der Waals surface area (Å²) in [7, 11) is 0. The van der Waals surface area contributed by atoms with E-state index in [0.717, 1.165) is 24.3 Å². The van der Waals surface area contributed by atoms with Crippen LogP contribution in [0.4, 0.5) is 0 Å². The lowest BCUT2D eigenvalue weighted by molar-refractivity contribution is -0.122. The van der Waals surface area contributed by atoms with E-state index in [2.05, 4.69) is 47.6 Å². The molecule has 190 valence electrons. The van der Waals surface area contributed by atoms with Gasteiger partial charge >= 0.3 is 0 Å². The van der Waals surface area contributed by atoms with Crippen molar-refractivity contribution < 1.29 is 19.2 Å². The topological polar surface area (TPSA) is 116 Å². The largest absolute Gasteiger partial charge is 0.348 e. The fourth-order valence-electron chi connectivity index (χ4n) is 3.67. The molecule has 4 N–H and O–H groups in total. The first-order valence-electron chi connectivity index (χ1n) is 11.3. The summed E-state index contributed by atoms with van der Waals surface area (Å²) in [6, 6.07) is -2.86. The van der Waals surface area contributed by atoms with E-state index in [9.17, 15) is 19.2 Å². The summed E-state index contributed by atoms with van der Waals surface area (Å²) in [5.41, 5.74) is -0.514. The second-order valence-electron chi connectivity index (χ2n) is 10.6. The SMILES string of the molecule is C=CC(=O)NC(CC(C)(C)C)C(NC(=O)C=C)C(NC(=O)C=C)C(CC(C)(C)C)NC(=O)C=C. The second-order valence-corrected chi connectivity index (χ2v) is 10.6. The van der Waals surface area contributed by atoms with Crippen molar-refractivity contribution in [1.29, 1.82) is 0 Å². The van der Waals surface area contributed by atoms with Crippen LogP contribution in [0, 0.1) is 10.8 Å². The summed E-state index contributed by atoms with van der Waals surface area (Å²) < 4.78 is 0. The third-order valence-corrected chi connectivity index (χ3v) is 4.93. The molecule has 8 nitrogen and oxygen atoms in total. The van der Waals surface area contributed by atoms with Crippen LogP contribution < -0.4 is 21.3 Å². The highest BCUT2D eigenvalue weighted by Crippen LogP contribution is 2.27. The van der Waals surface area contributed by atoms with Gasteiger partial charge in [-0.1, -0.05) is 67.9 Å². The molecule has 8 heteroatoms. The first kappa shape index (κ1) is 30.8. The molecule has 0 aromatic heterocycles. The van der Waals surface area contributed by atoms with Crippen LogP contribution in [0.1, 0.15) is 54.4 Å². The molecule has 0 aromatic carbocycles. The van der Waals surface area contributed by atoms with Crippen LogP contribution >= 0.6 is 0 Å². The zero-order valence-electron chi connectivity index (χ0n) is 21.5. The highest BCUT2D eigenvalue weighted by Gasteiger charge is 2.40. The van der Waals surface area contributed by atoms with Gasteiger partial charge in [-0.15, -0.1) is 0 Å². The predicted octanol–water partition coefficient (Wildman–Crippen LogP) is 2.54. The van der Waals surface area contributed by atoms with Crippen molar-refractivity contribution in [3.8, 4) is 0 Å². The number of carbonyl (C=O) groups excluding carboxylic acids is 4. The van der Waals surface area contributed by atoms with Crippen molar-refractivity contribution in [2.24, 2.45) is 10.8 Å². The van der Waals surface area contributed by atoms with Gasteiger partial charge in [0.25, 0.3) is 0 Å². The Morgan fingerprint density at radius 3 is 1.00 bits per heavy atom. The van der Waals surface area contributed by atoms with Crippen molar-refractivity contribution in [1.82, 2.24) is 21.3 Å². The molecule has 0 saturated heterocycles. The highest BCUT2D eigenvalue weighted by atomic mass is 16.2. The summed E-state index contributed by atoms with van der Waals surface area (Å²) in [5, 5.41) is 11.5. The van der Waals surface area contributed by atoms with Crippen molar-refractivity contribution in [3.05, 3.63) is 50.6 Å². The van der Waals surface area contributed by atoms with Crippen molar-refractivity contribution >= 4 is 23.6 Å². The number of nitrogens with one attached hydrogen (secondary N) is 4. The molecule has 0 spiro atoms. The fraction of sp³-hybridized carbons (Fsp3) is 0.538. The number of hydrogen-bond donors (Lipinski definition) is 4. The number of carbonyl (C=O) groups is 4. The smallest absolute Gasteiger partial charge is 0.243 e. The Labute approximate surface area is 204 Å². The van der Waals surface area contributed by atoms with Crippen LogP contribution in [0.25, 0.3) is 0 Å². The molecule has 0 heterocycles. The molecule has 4 atom stereocenters. The third kappa shape index (κ3) is 12.2. The highest BCUT2D eigenvalue weighted by molar-refractivity contribution is 5.90. The average molecular weight is 475 g/mol. The molecule has 0 aromatic rings. The summed E-state index contributed by atoms with van der Waals surface area (Å²) in [4.78, 5) is 49.7. The van der Waals surface area contributed by atoms with E-state index in [4.69, 9.17) is 0 Å². The molecule has 4 amide bonds. The van der Waals surface area contributed by atoms with Crippen molar-refractivity contribution in [2.75, 3.05) is 0 Å². The van der Waals surface area contributed by atoms with E-state index < -0.39 is 47.8 Å². The Kier molecular flexibility index (Phi) is 12.3. The Morgan fingerprint density at radius 2 is 0.794 bits per heavy atom. The lowest BCUT2D eigenvalue weighted by Crippen LogP contribution is -2.67. The molecule has 0 aliphatic heterocycles. The van der Waals surface area contributed by atoms with Crippen LogP contribution in [-0.4, -0.2) is 47.8 Å². The summed E-state index contributed by atoms with van der Waals surface area (Å²) in [6.45, 7) is 26.1. The maximum atomic E-state index is 12.5. The van der Waals surface area contributed by atoms with Crippen LogP contribution in [0.3, 0.4) is 0 Å². The molecule has 4 unspecified atom stereocenters. The molecular formula is C26H42N4O4. The number of hydrogen-bond acceptors (Lipinski definition) is 4. The minimum absolute atomic E-state index is 0.257. The Balaban J connectivity index is 6.84. The van der Waals surface area contributed by atoms with Crippen LogP contribution in [0.15, 0.2) is 50.6 Å². The molecule has 0 aliphatic rings. The lowest BCUT2D eigenvalue weighted by Gasteiger charge is -2.42. The van der Waals surface area contributed by atoms with Crippen molar-refractivity contribution in [3.63, 3.8) is 0 Å². The maximum Gasteiger partial charge on any atom is 0.243 e. The normalized spacial score (nSPS) is 14.9. The average Bonchev–Trinajstić information content (AvgIpc) is 2.72. The number of rotatable bonds is 13. The van der Waals surface area contributed by atoms with Crippen LogP contribution in [0.2, 0.25) is 0 Å². The van der Waals surface area contributed by atoms with Gasteiger partial charge in [0.1, 0.15) is 0 Å². The van der Waals surface area contributed by atoms with Gasteiger partial charge in [0.2, 0.25) is 23.6 Å². The second kappa shape index (κ2) is 13.5. The molecular weight excluding hydrogens is 432 g/mol. The Morgan fingerprint density at radius 1 is 0.559 bits per heavy atom. The van der Waals surface area contributed by atoms with Gasteiger partial charge < -0.3 is 21.3 Å². The quantitative estimate of drug-likeness (QED) is 0.307. The van der Waals surface area contributed by atoms with Crippen molar-refractivity contribution in [2.45, 2.75) is 78.6 Å². The van der Waals surface area contributed by atoms with E-state index >= 15 is 0 Å². The molecule has 0 radical (unpaired) electrons. The first-order chi connectivity index (χ1) is 15.6. The van der Waals surface area contributed by atoms with Gasteiger partial charge in [0, 0.05) is 0 Å². The van der Waals surface area contributed by atoms with Gasteiger partial charge in [-0.25, -0.2) is 0 Å². The molecule has 0 rings (SSSR count). The zero-order chi connectivity index (χ0) is 26.7. The fourth-order valence-corrected chi connectivity index (χ4v) is 3.67. The maximum absolute atomic E-state index is 12.5. The lowest BCUT2D eigenvalue weighted by atomic mass is 9.78. The summed E-state index contributed by atoms with van der Waals surface area (Å²) >= 11 is 0. The van der Waals surface area contributed by atoms with E-state index in [1.165, 1.54) is 0 Å². The third-order valence-electron chi connectivity index (χ3n) is 4.93. The molecule has 0 fully saturated rings. The minimum atomic E-state index is -0.810. The Hall–Kier alpha value is -3.16.